The zero-order valence-electron chi connectivity index (χ0n) is 11.9. The molecule has 3 heteroatoms. The summed E-state index contributed by atoms with van der Waals surface area (Å²) in [5.74, 6) is 0. The summed E-state index contributed by atoms with van der Waals surface area (Å²) in [4.78, 5) is 0. The molecular formula is C15H25N3. The Morgan fingerprint density at radius 3 is 2.89 bits per heavy atom. The van der Waals surface area contributed by atoms with Crippen LogP contribution >= 0.6 is 0 Å². The Morgan fingerprint density at radius 1 is 1.33 bits per heavy atom. The molecular weight excluding hydrogens is 222 g/mol. The second-order valence-corrected chi connectivity index (χ2v) is 5.17. The van der Waals surface area contributed by atoms with Crippen LogP contribution in [0.25, 0.3) is 6.08 Å². The fraction of sp³-hybridized carbons (Fsp3) is 0.667. The normalized spacial score (nSPS) is 21.4. The molecule has 18 heavy (non-hydrogen) atoms. The van der Waals surface area contributed by atoms with Crippen LogP contribution < -0.4 is 5.32 Å². The van der Waals surface area contributed by atoms with Gasteiger partial charge in [0.05, 0.1) is 5.69 Å². The van der Waals surface area contributed by atoms with E-state index in [1.54, 1.807) is 0 Å². The Labute approximate surface area is 110 Å². The van der Waals surface area contributed by atoms with Gasteiger partial charge in [-0.25, -0.2) is 0 Å². The van der Waals surface area contributed by atoms with E-state index >= 15 is 0 Å². The van der Waals surface area contributed by atoms with Gasteiger partial charge in [-0.05, 0) is 40.2 Å². The molecule has 0 radical (unpaired) electrons. The molecule has 1 aliphatic heterocycles. The molecule has 2 heterocycles. The monoisotopic (exact) mass is 247 g/mol. The van der Waals surface area contributed by atoms with Crippen molar-refractivity contribution in [3.05, 3.63) is 23.0 Å². The lowest BCUT2D eigenvalue weighted by atomic mass is 10.1. The number of nitrogens with zero attached hydrogens (tertiary/aromatic N) is 2. The standard InChI is InChI=1S/C15H25N3/c1-4-18-13(3)15(12(2)17-18)10-9-14-8-6-5-7-11-16-14/h9-10,14,16H,4-8,11H2,1-3H3/b10-9+. The first kappa shape index (κ1) is 13.3. The van der Waals surface area contributed by atoms with Crippen LogP contribution in [-0.4, -0.2) is 22.4 Å². The van der Waals surface area contributed by atoms with E-state index in [0.29, 0.717) is 6.04 Å². The van der Waals surface area contributed by atoms with Crippen LogP contribution in [0.15, 0.2) is 6.08 Å². The van der Waals surface area contributed by atoms with Gasteiger partial charge >= 0.3 is 0 Å². The lowest BCUT2D eigenvalue weighted by Crippen LogP contribution is -2.25. The molecule has 1 aromatic rings. The first-order valence-electron chi connectivity index (χ1n) is 7.18. The maximum Gasteiger partial charge on any atom is 0.0668 e. The van der Waals surface area contributed by atoms with Crippen molar-refractivity contribution in [1.82, 2.24) is 15.1 Å². The summed E-state index contributed by atoms with van der Waals surface area (Å²) >= 11 is 0. The zero-order chi connectivity index (χ0) is 13.0. The molecule has 100 valence electrons. The fourth-order valence-electron chi connectivity index (χ4n) is 2.69. The predicted octanol–water partition coefficient (Wildman–Crippen LogP) is 3.07. The van der Waals surface area contributed by atoms with Crippen molar-refractivity contribution >= 4 is 6.08 Å². The minimum absolute atomic E-state index is 0.538. The molecule has 0 aliphatic carbocycles. The van der Waals surface area contributed by atoms with Crippen molar-refractivity contribution in [1.29, 1.82) is 0 Å². The van der Waals surface area contributed by atoms with Gasteiger partial charge in [-0.15, -0.1) is 0 Å². The van der Waals surface area contributed by atoms with Crippen molar-refractivity contribution in [2.75, 3.05) is 6.54 Å². The van der Waals surface area contributed by atoms with Crippen molar-refractivity contribution in [2.24, 2.45) is 0 Å². The van der Waals surface area contributed by atoms with Crippen molar-refractivity contribution < 1.29 is 0 Å². The van der Waals surface area contributed by atoms with E-state index in [9.17, 15) is 0 Å². The average molecular weight is 247 g/mol. The highest BCUT2D eigenvalue weighted by Crippen LogP contribution is 2.16. The highest BCUT2D eigenvalue weighted by Gasteiger charge is 2.10. The molecule has 0 aromatic carbocycles. The van der Waals surface area contributed by atoms with Gasteiger partial charge in [-0.1, -0.05) is 25.0 Å². The average Bonchev–Trinajstić information content (AvgIpc) is 2.58. The van der Waals surface area contributed by atoms with E-state index < -0.39 is 0 Å². The maximum absolute atomic E-state index is 4.56. The minimum Gasteiger partial charge on any atom is -0.311 e. The Morgan fingerprint density at radius 2 is 2.17 bits per heavy atom. The summed E-state index contributed by atoms with van der Waals surface area (Å²) in [6, 6.07) is 0.538. The Bertz CT molecular complexity index is 410. The van der Waals surface area contributed by atoms with E-state index in [-0.39, 0.29) is 0 Å². The van der Waals surface area contributed by atoms with Gasteiger partial charge in [0.1, 0.15) is 0 Å². The van der Waals surface area contributed by atoms with Crippen LogP contribution in [0, 0.1) is 13.8 Å². The van der Waals surface area contributed by atoms with Gasteiger partial charge in [0.25, 0.3) is 0 Å². The summed E-state index contributed by atoms with van der Waals surface area (Å²) in [5.41, 5.74) is 3.71. The quantitative estimate of drug-likeness (QED) is 0.889. The lowest BCUT2D eigenvalue weighted by molar-refractivity contribution is 0.599. The smallest absolute Gasteiger partial charge is 0.0668 e. The molecule has 0 amide bonds. The van der Waals surface area contributed by atoms with E-state index in [1.807, 2.05) is 0 Å². The third kappa shape index (κ3) is 3.02. The van der Waals surface area contributed by atoms with Gasteiger partial charge in [0.15, 0.2) is 0 Å². The molecule has 1 unspecified atom stereocenters. The van der Waals surface area contributed by atoms with E-state index in [4.69, 9.17) is 0 Å². The van der Waals surface area contributed by atoms with Crippen molar-refractivity contribution in [2.45, 2.75) is 59.0 Å². The van der Waals surface area contributed by atoms with Gasteiger partial charge in [0.2, 0.25) is 0 Å². The molecule has 0 bridgehead atoms. The maximum atomic E-state index is 4.56. The lowest BCUT2D eigenvalue weighted by Gasteiger charge is -2.10. The van der Waals surface area contributed by atoms with Crippen molar-refractivity contribution in [3.63, 3.8) is 0 Å². The highest BCUT2D eigenvalue weighted by atomic mass is 15.3. The summed E-state index contributed by atoms with van der Waals surface area (Å²) < 4.78 is 2.08. The first-order valence-corrected chi connectivity index (χ1v) is 7.18. The van der Waals surface area contributed by atoms with E-state index in [2.05, 4.69) is 48.0 Å². The van der Waals surface area contributed by atoms with Crippen LogP contribution in [0.1, 0.15) is 49.6 Å². The van der Waals surface area contributed by atoms with Gasteiger partial charge in [-0.2, -0.15) is 5.10 Å². The van der Waals surface area contributed by atoms with Crippen molar-refractivity contribution in [3.8, 4) is 0 Å². The van der Waals surface area contributed by atoms with Crippen LogP contribution in [0.4, 0.5) is 0 Å². The number of aromatic nitrogens is 2. The number of nitrogens with one attached hydrogen (secondary N) is 1. The Balaban J connectivity index is 2.10. The van der Waals surface area contributed by atoms with Crippen LogP contribution in [0.3, 0.4) is 0 Å². The third-order valence-corrected chi connectivity index (χ3v) is 3.83. The first-order chi connectivity index (χ1) is 8.72. The largest absolute Gasteiger partial charge is 0.311 e. The predicted molar refractivity (Wildman–Crippen MR) is 76.7 cm³/mol. The molecule has 1 N–H and O–H groups in total. The molecule has 1 fully saturated rings. The summed E-state index contributed by atoms with van der Waals surface area (Å²) in [7, 11) is 0. The topological polar surface area (TPSA) is 29.9 Å². The minimum atomic E-state index is 0.538. The molecule has 0 saturated carbocycles. The fourth-order valence-corrected chi connectivity index (χ4v) is 2.69. The molecule has 2 rings (SSSR count). The molecule has 0 spiro atoms. The number of hydrogen-bond acceptors (Lipinski definition) is 2. The zero-order valence-corrected chi connectivity index (χ0v) is 11.9. The molecule has 1 aromatic heterocycles. The number of hydrogen-bond donors (Lipinski definition) is 1. The van der Waals surface area contributed by atoms with Crippen LogP contribution in [-0.2, 0) is 6.54 Å². The Hall–Kier alpha value is -1.09. The second-order valence-electron chi connectivity index (χ2n) is 5.17. The van der Waals surface area contributed by atoms with Gasteiger partial charge < -0.3 is 5.32 Å². The van der Waals surface area contributed by atoms with E-state index in [1.165, 1.54) is 36.9 Å². The van der Waals surface area contributed by atoms with Gasteiger partial charge in [-0.3, -0.25) is 4.68 Å². The summed E-state index contributed by atoms with van der Waals surface area (Å²) in [6.07, 6.45) is 9.86. The van der Waals surface area contributed by atoms with E-state index in [0.717, 1.165) is 18.8 Å². The number of aryl methyl sites for hydroxylation is 2. The molecule has 1 saturated heterocycles. The summed E-state index contributed by atoms with van der Waals surface area (Å²) in [6.45, 7) is 8.49. The van der Waals surface area contributed by atoms with Gasteiger partial charge in [0, 0.05) is 23.8 Å². The molecule has 3 nitrogen and oxygen atoms in total. The molecule has 1 aliphatic rings. The third-order valence-electron chi connectivity index (χ3n) is 3.83. The molecule has 1 atom stereocenters. The highest BCUT2D eigenvalue weighted by molar-refractivity contribution is 5.55. The second kappa shape index (κ2) is 6.19. The number of rotatable bonds is 3. The summed E-state index contributed by atoms with van der Waals surface area (Å²) in [5, 5.41) is 8.15. The van der Waals surface area contributed by atoms with Crippen LogP contribution in [0.2, 0.25) is 0 Å². The SMILES string of the molecule is CCn1nc(C)c(/C=C/C2CCCCCN2)c1C. The van der Waals surface area contributed by atoms with Crippen LogP contribution in [0.5, 0.6) is 0 Å². The Kier molecular flexibility index (Phi) is 4.59.